The van der Waals surface area contributed by atoms with Crippen molar-refractivity contribution in [3.63, 3.8) is 0 Å². The topological polar surface area (TPSA) is 120 Å². The zero-order valence-electron chi connectivity index (χ0n) is 15.8. The summed E-state index contributed by atoms with van der Waals surface area (Å²) >= 11 is 0. The summed E-state index contributed by atoms with van der Waals surface area (Å²) in [5.74, 6) is -2.94. The molecule has 0 aliphatic heterocycles. The maximum absolute atomic E-state index is 12.2. The number of nitrogens with one attached hydrogen (secondary N) is 1. The summed E-state index contributed by atoms with van der Waals surface area (Å²) in [6, 6.07) is 7.63. The molecule has 0 heterocycles. The summed E-state index contributed by atoms with van der Waals surface area (Å²) in [6.07, 6.45) is -1.20. The van der Waals surface area contributed by atoms with Gasteiger partial charge in [0.15, 0.2) is 0 Å². The summed E-state index contributed by atoms with van der Waals surface area (Å²) in [4.78, 5) is 41.9. The van der Waals surface area contributed by atoms with Gasteiger partial charge in [0.25, 0.3) is 0 Å². The Morgan fingerprint density at radius 1 is 1.19 bits per heavy atom. The number of hydrogen-bond donors (Lipinski definition) is 2. The predicted molar refractivity (Wildman–Crippen MR) is 96.9 cm³/mol. The van der Waals surface area contributed by atoms with Crippen LogP contribution < -0.4 is 0 Å². The second kappa shape index (κ2) is 10.1. The van der Waals surface area contributed by atoms with Crippen LogP contribution in [-0.2, 0) is 25.6 Å². The number of ether oxygens (including phenoxy) is 1. The fraction of sp³-hybridized carbons (Fsp3) is 0.444. The lowest BCUT2D eigenvalue weighted by atomic mass is 10.0. The van der Waals surface area contributed by atoms with Gasteiger partial charge in [-0.15, -0.1) is 0 Å². The number of likely N-dealkylation sites (N-methyl/N-ethyl adjacent to an activating group) is 1. The number of rotatable bonds is 6. The van der Waals surface area contributed by atoms with E-state index in [1.165, 1.54) is 7.05 Å². The first-order valence-electron chi connectivity index (χ1n) is 8.44. The molecule has 2 N–H and O–H groups in total. The van der Waals surface area contributed by atoms with E-state index in [1.54, 1.807) is 51.1 Å². The van der Waals surface area contributed by atoms with Crippen LogP contribution in [0.2, 0.25) is 0 Å². The minimum atomic E-state index is -1.17. The molecule has 1 atom stereocenters. The largest absolute Gasteiger partial charge is 0.480 e. The SMILES string of the molecule is CCOC(=O)N(OC(=O)Cc1ccccc1)C(=N)N(C)C(C(=O)O)C(C)C. The van der Waals surface area contributed by atoms with Crippen LogP contribution in [0.5, 0.6) is 0 Å². The molecule has 0 aliphatic carbocycles. The molecule has 1 unspecified atom stereocenters. The zero-order chi connectivity index (χ0) is 20.6. The van der Waals surface area contributed by atoms with Crippen molar-refractivity contribution in [2.75, 3.05) is 13.7 Å². The average molecular weight is 379 g/mol. The van der Waals surface area contributed by atoms with Crippen LogP contribution in [0.1, 0.15) is 26.3 Å². The van der Waals surface area contributed by atoms with Crippen LogP contribution in [0.25, 0.3) is 0 Å². The lowest BCUT2D eigenvalue weighted by Crippen LogP contribution is -2.53. The van der Waals surface area contributed by atoms with Gasteiger partial charge in [0.2, 0.25) is 5.96 Å². The Balaban J connectivity index is 2.98. The lowest BCUT2D eigenvalue weighted by Gasteiger charge is -2.32. The molecule has 0 aromatic heterocycles. The van der Waals surface area contributed by atoms with Crippen LogP contribution in [0.4, 0.5) is 4.79 Å². The quantitative estimate of drug-likeness (QED) is 0.441. The van der Waals surface area contributed by atoms with E-state index in [0.717, 1.165) is 4.90 Å². The number of carbonyl (C=O) groups excluding carboxylic acids is 2. The van der Waals surface area contributed by atoms with Crippen molar-refractivity contribution >= 4 is 24.0 Å². The maximum atomic E-state index is 12.2. The third-order valence-electron chi connectivity index (χ3n) is 3.65. The van der Waals surface area contributed by atoms with Crippen molar-refractivity contribution in [2.45, 2.75) is 33.2 Å². The minimum absolute atomic E-state index is 0.00486. The van der Waals surface area contributed by atoms with E-state index >= 15 is 0 Å². The molecule has 0 fully saturated rings. The van der Waals surface area contributed by atoms with E-state index in [-0.39, 0.29) is 18.9 Å². The highest BCUT2D eigenvalue weighted by molar-refractivity contribution is 5.94. The van der Waals surface area contributed by atoms with Gasteiger partial charge >= 0.3 is 18.0 Å². The molecular weight excluding hydrogens is 354 g/mol. The van der Waals surface area contributed by atoms with Gasteiger partial charge in [-0.3, -0.25) is 5.41 Å². The van der Waals surface area contributed by atoms with Gasteiger partial charge in [-0.25, -0.2) is 14.4 Å². The third kappa shape index (κ3) is 6.28. The van der Waals surface area contributed by atoms with Crippen molar-refractivity contribution in [1.82, 2.24) is 9.96 Å². The molecule has 0 radical (unpaired) electrons. The van der Waals surface area contributed by atoms with Crippen LogP contribution in [-0.4, -0.2) is 58.8 Å². The summed E-state index contributed by atoms with van der Waals surface area (Å²) in [7, 11) is 1.33. The Labute approximate surface area is 157 Å². The van der Waals surface area contributed by atoms with Gasteiger partial charge in [-0.2, -0.15) is 0 Å². The van der Waals surface area contributed by atoms with Crippen molar-refractivity contribution in [3.8, 4) is 0 Å². The number of carboxylic acids is 1. The van der Waals surface area contributed by atoms with E-state index in [9.17, 15) is 19.5 Å². The molecule has 1 rings (SSSR count). The highest BCUT2D eigenvalue weighted by Gasteiger charge is 2.35. The molecule has 1 aromatic carbocycles. The van der Waals surface area contributed by atoms with Crippen molar-refractivity contribution in [2.24, 2.45) is 5.92 Å². The van der Waals surface area contributed by atoms with Gasteiger partial charge in [-0.1, -0.05) is 49.2 Å². The van der Waals surface area contributed by atoms with Crippen LogP contribution in [0.3, 0.4) is 0 Å². The van der Waals surface area contributed by atoms with Gasteiger partial charge < -0.3 is 19.6 Å². The summed E-state index contributed by atoms with van der Waals surface area (Å²) < 4.78 is 4.82. The first-order chi connectivity index (χ1) is 12.7. The van der Waals surface area contributed by atoms with E-state index < -0.39 is 30.0 Å². The van der Waals surface area contributed by atoms with Crippen molar-refractivity contribution in [3.05, 3.63) is 35.9 Å². The van der Waals surface area contributed by atoms with Crippen molar-refractivity contribution in [1.29, 1.82) is 5.41 Å². The fourth-order valence-electron chi connectivity index (χ4n) is 2.42. The molecule has 0 aliphatic rings. The number of carboxylic acid groups (broad SMARTS) is 1. The zero-order valence-corrected chi connectivity index (χ0v) is 15.8. The fourth-order valence-corrected chi connectivity index (χ4v) is 2.42. The van der Waals surface area contributed by atoms with Crippen LogP contribution >= 0.6 is 0 Å². The molecule has 0 saturated heterocycles. The van der Waals surface area contributed by atoms with Crippen LogP contribution in [0, 0.1) is 11.3 Å². The van der Waals surface area contributed by atoms with Gasteiger partial charge in [0, 0.05) is 7.05 Å². The highest BCUT2D eigenvalue weighted by atomic mass is 16.8. The molecule has 0 bridgehead atoms. The number of amides is 1. The van der Waals surface area contributed by atoms with E-state index in [0.29, 0.717) is 10.6 Å². The number of aliphatic carboxylic acids is 1. The predicted octanol–water partition coefficient (Wildman–Crippen LogP) is 2.12. The maximum Gasteiger partial charge on any atom is 0.451 e. The standard InChI is InChI=1S/C18H25N3O6/c1-5-26-18(25)21(17(19)20(4)15(12(2)3)16(23)24)27-14(22)11-13-9-7-6-8-10-13/h6-10,12,15,19H,5,11H2,1-4H3,(H,23,24). The number of benzene rings is 1. The highest BCUT2D eigenvalue weighted by Crippen LogP contribution is 2.13. The number of nitrogens with zero attached hydrogens (tertiary/aromatic N) is 2. The number of hydroxylamine groups is 2. The number of carbonyl (C=O) groups is 3. The normalized spacial score (nSPS) is 11.4. The Bertz CT molecular complexity index is 677. The lowest BCUT2D eigenvalue weighted by molar-refractivity contribution is -0.169. The average Bonchev–Trinajstić information content (AvgIpc) is 2.59. The second-order valence-corrected chi connectivity index (χ2v) is 6.08. The molecule has 148 valence electrons. The Morgan fingerprint density at radius 3 is 2.26 bits per heavy atom. The smallest absolute Gasteiger partial charge is 0.451 e. The Hall–Kier alpha value is -3.10. The van der Waals surface area contributed by atoms with Crippen LogP contribution in [0.15, 0.2) is 30.3 Å². The third-order valence-corrected chi connectivity index (χ3v) is 3.65. The summed E-state index contributed by atoms with van der Waals surface area (Å²) in [5, 5.41) is 17.9. The van der Waals surface area contributed by atoms with Crippen molar-refractivity contribution < 1.29 is 29.1 Å². The number of hydrogen-bond acceptors (Lipinski definition) is 6. The van der Waals surface area contributed by atoms with E-state index in [1.807, 2.05) is 0 Å². The Morgan fingerprint density at radius 2 is 1.78 bits per heavy atom. The van der Waals surface area contributed by atoms with Gasteiger partial charge in [0.1, 0.15) is 6.04 Å². The molecular formula is C18H25N3O6. The molecule has 0 spiro atoms. The molecule has 1 aromatic rings. The monoisotopic (exact) mass is 379 g/mol. The minimum Gasteiger partial charge on any atom is -0.480 e. The molecule has 9 heteroatoms. The second-order valence-electron chi connectivity index (χ2n) is 6.08. The molecule has 9 nitrogen and oxygen atoms in total. The van der Waals surface area contributed by atoms with Gasteiger partial charge in [0.05, 0.1) is 13.0 Å². The molecule has 0 saturated carbocycles. The Kier molecular flexibility index (Phi) is 8.25. The summed E-state index contributed by atoms with van der Waals surface area (Å²) in [5.41, 5.74) is 0.664. The first-order valence-corrected chi connectivity index (χ1v) is 8.44. The first kappa shape index (κ1) is 21.9. The van der Waals surface area contributed by atoms with E-state index in [2.05, 4.69) is 0 Å². The number of guanidine groups is 1. The molecule has 27 heavy (non-hydrogen) atoms. The van der Waals surface area contributed by atoms with E-state index in [4.69, 9.17) is 15.0 Å². The summed E-state index contributed by atoms with van der Waals surface area (Å²) in [6.45, 7) is 4.88. The molecule has 1 amide bonds. The van der Waals surface area contributed by atoms with Gasteiger partial charge in [-0.05, 0) is 18.4 Å².